The Morgan fingerprint density at radius 1 is 1.15 bits per heavy atom. The largest absolute Gasteiger partial charge is 0.312 e. The summed E-state index contributed by atoms with van der Waals surface area (Å²) in [6.07, 6.45) is 16.5. The fourth-order valence-electron chi connectivity index (χ4n) is 6.87. The normalized spacial score (nSPS) is 47.2. The van der Waals surface area contributed by atoms with Gasteiger partial charge in [-0.05, 0) is 73.7 Å². The molecule has 4 aliphatic rings. The van der Waals surface area contributed by atoms with E-state index in [2.05, 4.69) is 32.0 Å². The monoisotopic (exact) mass is 273 g/mol. The standard InChI is InChI=1S/C19H31N/c1-5-7-16(20-8-6-2)19-11-15-9-17(3,13-19)12-18(4,10-15)14-19/h1,15-16,20H,6-14H2,2-4H3. The average molecular weight is 273 g/mol. The van der Waals surface area contributed by atoms with Crippen LogP contribution in [0.4, 0.5) is 0 Å². The van der Waals surface area contributed by atoms with Crippen LogP contribution in [0.15, 0.2) is 0 Å². The molecule has 3 unspecified atom stereocenters. The topological polar surface area (TPSA) is 12.0 Å². The summed E-state index contributed by atoms with van der Waals surface area (Å²) in [5, 5.41) is 3.82. The van der Waals surface area contributed by atoms with Crippen molar-refractivity contribution >= 4 is 0 Å². The van der Waals surface area contributed by atoms with Crippen LogP contribution in [0.2, 0.25) is 0 Å². The van der Waals surface area contributed by atoms with Crippen molar-refractivity contribution in [2.75, 3.05) is 6.54 Å². The Kier molecular flexibility index (Phi) is 3.45. The Morgan fingerprint density at radius 2 is 1.80 bits per heavy atom. The molecule has 3 atom stereocenters. The average Bonchev–Trinajstić information content (AvgIpc) is 2.29. The summed E-state index contributed by atoms with van der Waals surface area (Å²) < 4.78 is 0. The van der Waals surface area contributed by atoms with Crippen LogP contribution in [0.5, 0.6) is 0 Å². The lowest BCUT2D eigenvalue weighted by molar-refractivity contribution is -0.157. The van der Waals surface area contributed by atoms with Gasteiger partial charge in [-0.15, -0.1) is 12.3 Å². The first-order chi connectivity index (χ1) is 9.43. The molecule has 0 aromatic carbocycles. The van der Waals surface area contributed by atoms with Crippen molar-refractivity contribution in [3.8, 4) is 12.3 Å². The molecule has 0 aliphatic heterocycles. The van der Waals surface area contributed by atoms with E-state index in [0.717, 1.165) is 18.9 Å². The van der Waals surface area contributed by atoms with E-state index in [-0.39, 0.29) is 0 Å². The molecular formula is C19H31N. The van der Waals surface area contributed by atoms with Gasteiger partial charge in [0.05, 0.1) is 0 Å². The number of nitrogens with one attached hydrogen (secondary N) is 1. The third-order valence-corrected chi connectivity index (χ3v) is 6.37. The lowest BCUT2D eigenvalue weighted by atomic mass is 9.39. The van der Waals surface area contributed by atoms with Crippen LogP contribution in [0.3, 0.4) is 0 Å². The number of rotatable bonds is 5. The molecule has 0 aromatic rings. The molecule has 112 valence electrons. The highest BCUT2D eigenvalue weighted by atomic mass is 14.9. The van der Waals surface area contributed by atoms with Gasteiger partial charge >= 0.3 is 0 Å². The van der Waals surface area contributed by atoms with Crippen LogP contribution in [0, 0.1) is 34.5 Å². The molecule has 1 N–H and O–H groups in total. The molecule has 4 rings (SSSR count). The summed E-state index contributed by atoms with van der Waals surface area (Å²) in [5.41, 5.74) is 1.67. The van der Waals surface area contributed by atoms with E-state index in [9.17, 15) is 0 Å². The molecular weight excluding hydrogens is 242 g/mol. The maximum atomic E-state index is 5.70. The fourth-order valence-corrected chi connectivity index (χ4v) is 6.87. The van der Waals surface area contributed by atoms with Crippen molar-refractivity contribution in [3.05, 3.63) is 0 Å². The first-order valence-electron chi connectivity index (χ1n) is 8.60. The minimum atomic E-state index is 0.491. The summed E-state index contributed by atoms with van der Waals surface area (Å²) in [6, 6.07) is 0.550. The molecule has 0 radical (unpaired) electrons. The zero-order chi connectivity index (χ0) is 14.4. The van der Waals surface area contributed by atoms with Crippen LogP contribution in [-0.2, 0) is 0 Å². The lowest BCUT2D eigenvalue weighted by Gasteiger charge is -2.67. The van der Waals surface area contributed by atoms with Gasteiger partial charge in [0.1, 0.15) is 0 Å². The van der Waals surface area contributed by atoms with Gasteiger partial charge in [0.15, 0.2) is 0 Å². The highest BCUT2D eigenvalue weighted by Crippen LogP contribution is 2.70. The molecule has 4 saturated carbocycles. The molecule has 0 amide bonds. The summed E-state index contributed by atoms with van der Waals surface area (Å²) in [7, 11) is 0. The lowest BCUT2D eigenvalue weighted by Crippen LogP contribution is -2.61. The van der Waals surface area contributed by atoms with Gasteiger partial charge in [-0.25, -0.2) is 0 Å². The maximum Gasteiger partial charge on any atom is 0.0246 e. The van der Waals surface area contributed by atoms with Gasteiger partial charge in [-0.2, -0.15) is 0 Å². The van der Waals surface area contributed by atoms with Crippen molar-refractivity contribution in [2.24, 2.45) is 22.2 Å². The quantitative estimate of drug-likeness (QED) is 0.733. The Balaban J connectivity index is 1.88. The van der Waals surface area contributed by atoms with Crippen molar-refractivity contribution in [1.29, 1.82) is 0 Å². The van der Waals surface area contributed by atoms with Crippen LogP contribution in [0.25, 0.3) is 0 Å². The van der Waals surface area contributed by atoms with E-state index in [1.165, 1.54) is 44.9 Å². The minimum Gasteiger partial charge on any atom is -0.312 e. The summed E-state index contributed by atoms with van der Waals surface area (Å²) in [4.78, 5) is 0. The molecule has 1 heteroatoms. The van der Waals surface area contributed by atoms with Crippen LogP contribution < -0.4 is 5.32 Å². The fraction of sp³-hybridized carbons (Fsp3) is 0.895. The Hall–Kier alpha value is -0.480. The maximum absolute atomic E-state index is 5.70. The zero-order valence-electron chi connectivity index (χ0n) is 13.6. The molecule has 4 bridgehead atoms. The zero-order valence-corrected chi connectivity index (χ0v) is 13.6. The first kappa shape index (κ1) is 14.5. The van der Waals surface area contributed by atoms with Crippen LogP contribution >= 0.6 is 0 Å². The van der Waals surface area contributed by atoms with Crippen molar-refractivity contribution in [1.82, 2.24) is 5.32 Å². The molecule has 1 nitrogen and oxygen atoms in total. The van der Waals surface area contributed by atoms with Crippen molar-refractivity contribution in [2.45, 2.75) is 78.2 Å². The smallest absolute Gasteiger partial charge is 0.0246 e. The molecule has 20 heavy (non-hydrogen) atoms. The number of hydrogen-bond donors (Lipinski definition) is 1. The second-order valence-electron chi connectivity index (χ2n) is 8.91. The Bertz CT molecular complexity index is 400. The number of hydrogen-bond acceptors (Lipinski definition) is 1. The second kappa shape index (κ2) is 4.77. The molecule has 0 aromatic heterocycles. The second-order valence-corrected chi connectivity index (χ2v) is 8.91. The van der Waals surface area contributed by atoms with Gasteiger partial charge in [0, 0.05) is 12.5 Å². The first-order valence-corrected chi connectivity index (χ1v) is 8.60. The Morgan fingerprint density at radius 3 is 2.30 bits per heavy atom. The third kappa shape index (κ3) is 2.31. The van der Waals surface area contributed by atoms with Crippen LogP contribution in [0.1, 0.15) is 72.1 Å². The predicted octanol–water partition coefficient (Wildman–Crippen LogP) is 4.37. The Labute approximate surface area is 125 Å². The minimum absolute atomic E-state index is 0.491. The van der Waals surface area contributed by atoms with Gasteiger partial charge in [-0.1, -0.05) is 20.8 Å². The van der Waals surface area contributed by atoms with E-state index < -0.39 is 0 Å². The molecule has 4 aliphatic carbocycles. The van der Waals surface area contributed by atoms with Gasteiger partial charge < -0.3 is 5.32 Å². The predicted molar refractivity (Wildman–Crippen MR) is 85.4 cm³/mol. The van der Waals surface area contributed by atoms with E-state index >= 15 is 0 Å². The van der Waals surface area contributed by atoms with Crippen LogP contribution in [-0.4, -0.2) is 12.6 Å². The van der Waals surface area contributed by atoms with Crippen molar-refractivity contribution in [3.63, 3.8) is 0 Å². The number of terminal acetylenes is 1. The third-order valence-electron chi connectivity index (χ3n) is 6.37. The van der Waals surface area contributed by atoms with Crippen molar-refractivity contribution < 1.29 is 0 Å². The molecule has 0 saturated heterocycles. The van der Waals surface area contributed by atoms with Gasteiger partial charge in [-0.3, -0.25) is 0 Å². The molecule has 0 spiro atoms. The summed E-state index contributed by atoms with van der Waals surface area (Å²) in [6.45, 7) is 8.48. The highest BCUT2D eigenvalue weighted by Gasteiger charge is 2.61. The van der Waals surface area contributed by atoms with E-state index in [0.29, 0.717) is 22.3 Å². The summed E-state index contributed by atoms with van der Waals surface area (Å²) in [5.74, 6) is 3.93. The van der Waals surface area contributed by atoms with E-state index in [1.807, 2.05) is 0 Å². The highest BCUT2D eigenvalue weighted by molar-refractivity contribution is 5.14. The van der Waals surface area contributed by atoms with Gasteiger partial charge in [0.25, 0.3) is 0 Å². The van der Waals surface area contributed by atoms with E-state index in [4.69, 9.17) is 6.42 Å². The SMILES string of the molecule is C#CCC(NCCC)C12CC3CC(C)(CC(C)(C3)C1)C2. The van der Waals surface area contributed by atoms with E-state index in [1.54, 1.807) is 0 Å². The molecule has 4 fully saturated rings. The summed E-state index contributed by atoms with van der Waals surface area (Å²) >= 11 is 0. The molecule has 0 heterocycles. The van der Waals surface area contributed by atoms with Gasteiger partial charge in [0.2, 0.25) is 0 Å².